The number of urea groups is 1. The summed E-state index contributed by atoms with van der Waals surface area (Å²) in [4.78, 5) is 35.5. The molecule has 0 aliphatic rings. The number of esters is 1. The van der Waals surface area contributed by atoms with Crippen LogP contribution >= 0.6 is 11.8 Å². The first-order valence-corrected chi connectivity index (χ1v) is 8.72. The lowest BCUT2D eigenvalue weighted by molar-refractivity contribution is -0.148. The molecule has 0 spiro atoms. The van der Waals surface area contributed by atoms with Crippen molar-refractivity contribution in [2.45, 2.75) is 25.5 Å². The van der Waals surface area contributed by atoms with Gasteiger partial charge < -0.3 is 20.5 Å². The highest BCUT2D eigenvalue weighted by atomic mass is 32.2. The van der Waals surface area contributed by atoms with E-state index in [-0.39, 0.29) is 5.78 Å². The number of hydrogen-bond acceptors (Lipinski definition) is 6. The molecule has 8 heteroatoms. The second kappa shape index (κ2) is 9.82. The molecule has 24 heavy (non-hydrogen) atoms. The van der Waals surface area contributed by atoms with Crippen LogP contribution in [-0.4, -0.2) is 49.0 Å². The normalized spacial score (nSPS) is 12.8. The van der Waals surface area contributed by atoms with Crippen LogP contribution < -0.4 is 15.8 Å². The first kappa shape index (κ1) is 19.8. The third kappa shape index (κ3) is 6.11. The first-order valence-electron chi connectivity index (χ1n) is 7.32. The summed E-state index contributed by atoms with van der Waals surface area (Å²) in [5.41, 5.74) is 5.47. The molecule has 0 aromatic heterocycles. The van der Waals surface area contributed by atoms with Crippen molar-refractivity contribution in [1.29, 1.82) is 0 Å². The van der Waals surface area contributed by atoms with Crippen molar-refractivity contribution < 1.29 is 23.9 Å². The fraction of sp³-hybridized carbons (Fsp3) is 0.438. The molecular weight excluding hydrogens is 332 g/mol. The number of ether oxygens (including phenoxy) is 2. The molecule has 7 nitrogen and oxygen atoms in total. The van der Waals surface area contributed by atoms with Crippen molar-refractivity contribution in [3.63, 3.8) is 0 Å². The van der Waals surface area contributed by atoms with Gasteiger partial charge in [-0.3, -0.25) is 4.79 Å². The zero-order valence-corrected chi connectivity index (χ0v) is 14.7. The van der Waals surface area contributed by atoms with Crippen LogP contribution in [0, 0.1) is 0 Å². The Morgan fingerprint density at radius 1 is 1.25 bits per heavy atom. The summed E-state index contributed by atoms with van der Waals surface area (Å²) in [7, 11) is 1.53. The number of carbonyl (C=O) groups is 3. The summed E-state index contributed by atoms with van der Waals surface area (Å²) < 4.78 is 10.2. The van der Waals surface area contributed by atoms with E-state index >= 15 is 0 Å². The maximum Gasteiger partial charge on any atom is 0.329 e. The van der Waals surface area contributed by atoms with Gasteiger partial charge >= 0.3 is 12.0 Å². The number of hydrogen-bond donors (Lipinski definition) is 2. The third-order valence-corrected chi connectivity index (χ3v) is 3.89. The van der Waals surface area contributed by atoms with E-state index in [1.165, 1.54) is 25.8 Å². The number of amides is 2. The summed E-state index contributed by atoms with van der Waals surface area (Å²) in [6, 6.07) is 4.81. The highest BCUT2D eigenvalue weighted by molar-refractivity contribution is 7.98. The second-order valence-corrected chi connectivity index (χ2v) is 6.00. The summed E-state index contributed by atoms with van der Waals surface area (Å²) >= 11 is 1.52. The Morgan fingerprint density at radius 2 is 1.88 bits per heavy atom. The molecule has 1 rings (SSSR count). The van der Waals surface area contributed by atoms with Gasteiger partial charge in [0.05, 0.1) is 7.11 Å². The number of nitrogens with one attached hydrogen (secondary N) is 1. The van der Waals surface area contributed by atoms with E-state index in [1.807, 2.05) is 6.26 Å². The quantitative estimate of drug-likeness (QED) is 0.515. The monoisotopic (exact) mass is 354 g/mol. The van der Waals surface area contributed by atoms with Crippen LogP contribution in [0.5, 0.6) is 5.75 Å². The van der Waals surface area contributed by atoms with E-state index in [2.05, 4.69) is 5.32 Å². The number of nitrogens with two attached hydrogens (primary N) is 1. The standard InChI is InChI=1S/C16H22N2O5S/c1-10(14(19)11-4-6-12(22-2)7-5-11)23-15(20)13(8-9-24-3)18-16(17)21/h4-7,10,13H,8-9H2,1-3H3,(H3,17,18,21)/t10-,13-/m0/s1. The van der Waals surface area contributed by atoms with Gasteiger partial charge in [0, 0.05) is 5.56 Å². The zero-order valence-electron chi connectivity index (χ0n) is 13.9. The molecule has 3 N–H and O–H groups in total. The van der Waals surface area contributed by atoms with Crippen molar-refractivity contribution in [3.8, 4) is 5.75 Å². The fourth-order valence-corrected chi connectivity index (χ4v) is 2.43. The Labute approximate surface area is 145 Å². The van der Waals surface area contributed by atoms with Crippen LogP contribution in [0.1, 0.15) is 23.7 Å². The molecule has 0 unspecified atom stereocenters. The van der Waals surface area contributed by atoms with E-state index in [1.54, 1.807) is 24.3 Å². The SMILES string of the molecule is COc1ccc(C(=O)[C@H](C)OC(=O)[C@H](CCSC)NC(N)=O)cc1. The maximum atomic E-state index is 12.3. The highest BCUT2D eigenvalue weighted by Crippen LogP contribution is 2.14. The molecular formula is C16H22N2O5S. The smallest absolute Gasteiger partial charge is 0.329 e. The van der Waals surface area contributed by atoms with Crippen LogP contribution in [-0.2, 0) is 9.53 Å². The van der Waals surface area contributed by atoms with Crippen LogP contribution in [0.15, 0.2) is 24.3 Å². The number of ketones is 1. The molecule has 132 valence electrons. The average Bonchev–Trinajstić information content (AvgIpc) is 2.57. The van der Waals surface area contributed by atoms with Gasteiger partial charge in [-0.15, -0.1) is 0 Å². The van der Waals surface area contributed by atoms with E-state index in [4.69, 9.17) is 15.2 Å². The molecule has 1 aromatic rings. The number of rotatable bonds is 9. The molecule has 0 bridgehead atoms. The van der Waals surface area contributed by atoms with Gasteiger partial charge in [0.1, 0.15) is 11.8 Å². The molecule has 2 amide bonds. The Kier molecular flexibility index (Phi) is 8.11. The fourth-order valence-electron chi connectivity index (χ4n) is 1.96. The Morgan fingerprint density at radius 3 is 2.38 bits per heavy atom. The van der Waals surface area contributed by atoms with Crippen molar-refractivity contribution in [1.82, 2.24) is 5.32 Å². The molecule has 0 heterocycles. The van der Waals surface area contributed by atoms with Gasteiger partial charge in [0.15, 0.2) is 6.10 Å². The van der Waals surface area contributed by atoms with Crippen molar-refractivity contribution in [2.75, 3.05) is 19.1 Å². The number of carbonyl (C=O) groups excluding carboxylic acids is 3. The Balaban J connectivity index is 2.71. The lowest BCUT2D eigenvalue weighted by Gasteiger charge is -2.19. The number of thioether (sulfide) groups is 1. The molecule has 0 aliphatic heterocycles. The zero-order chi connectivity index (χ0) is 18.1. The molecule has 0 fully saturated rings. The summed E-state index contributed by atoms with van der Waals surface area (Å²) in [5.74, 6) is 0.241. The first-order chi connectivity index (χ1) is 11.4. The largest absolute Gasteiger partial charge is 0.497 e. The van der Waals surface area contributed by atoms with Gasteiger partial charge in [-0.1, -0.05) is 0 Å². The lowest BCUT2D eigenvalue weighted by Crippen LogP contribution is -2.46. The maximum absolute atomic E-state index is 12.3. The lowest BCUT2D eigenvalue weighted by atomic mass is 10.1. The molecule has 0 saturated carbocycles. The molecule has 0 aliphatic carbocycles. The molecule has 1 aromatic carbocycles. The Hall–Kier alpha value is -2.22. The number of primary amides is 1. The minimum absolute atomic E-state index is 0.339. The predicted octanol–water partition coefficient (Wildman–Crippen LogP) is 1.60. The highest BCUT2D eigenvalue weighted by Gasteiger charge is 2.26. The summed E-state index contributed by atoms with van der Waals surface area (Å²) in [6.07, 6.45) is 1.27. The molecule has 0 saturated heterocycles. The van der Waals surface area contributed by atoms with E-state index in [0.717, 1.165) is 0 Å². The Bertz CT molecular complexity index is 576. The minimum Gasteiger partial charge on any atom is -0.497 e. The number of benzene rings is 1. The summed E-state index contributed by atoms with van der Waals surface area (Å²) in [6.45, 7) is 1.49. The molecule has 0 radical (unpaired) electrons. The van der Waals surface area contributed by atoms with Gasteiger partial charge in [0.2, 0.25) is 5.78 Å². The van der Waals surface area contributed by atoms with Gasteiger partial charge in [-0.25, -0.2) is 9.59 Å². The van der Waals surface area contributed by atoms with Gasteiger partial charge in [-0.05, 0) is 49.6 Å². The predicted molar refractivity (Wildman–Crippen MR) is 92.4 cm³/mol. The minimum atomic E-state index is -0.975. The topological polar surface area (TPSA) is 108 Å². The van der Waals surface area contributed by atoms with Gasteiger partial charge in [-0.2, -0.15) is 11.8 Å². The van der Waals surface area contributed by atoms with Crippen molar-refractivity contribution >= 4 is 29.5 Å². The van der Waals surface area contributed by atoms with Crippen LogP contribution in [0.2, 0.25) is 0 Å². The van der Waals surface area contributed by atoms with Crippen LogP contribution in [0.3, 0.4) is 0 Å². The molecule has 2 atom stereocenters. The van der Waals surface area contributed by atoms with Crippen LogP contribution in [0.25, 0.3) is 0 Å². The van der Waals surface area contributed by atoms with E-state index in [0.29, 0.717) is 23.5 Å². The second-order valence-electron chi connectivity index (χ2n) is 5.01. The van der Waals surface area contributed by atoms with Crippen molar-refractivity contribution in [3.05, 3.63) is 29.8 Å². The third-order valence-electron chi connectivity index (χ3n) is 3.25. The summed E-state index contributed by atoms with van der Waals surface area (Å²) in [5, 5.41) is 2.34. The van der Waals surface area contributed by atoms with E-state index in [9.17, 15) is 14.4 Å². The van der Waals surface area contributed by atoms with Crippen molar-refractivity contribution in [2.24, 2.45) is 5.73 Å². The number of Topliss-reactive ketones (excluding diaryl/α,β-unsaturated/α-hetero) is 1. The van der Waals surface area contributed by atoms with E-state index < -0.39 is 24.1 Å². The van der Waals surface area contributed by atoms with Crippen LogP contribution in [0.4, 0.5) is 4.79 Å². The average molecular weight is 354 g/mol. The van der Waals surface area contributed by atoms with Gasteiger partial charge in [0.25, 0.3) is 0 Å². The number of methoxy groups -OCH3 is 1.